The van der Waals surface area contributed by atoms with Crippen LogP contribution >= 0.6 is 0 Å². The lowest BCUT2D eigenvalue weighted by Crippen LogP contribution is -2.13. The lowest BCUT2D eigenvalue weighted by atomic mass is 10.0. The van der Waals surface area contributed by atoms with Crippen molar-refractivity contribution in [2.45, 2.75) is 12.8 Å². The van der Waals surface area contributed by atoms with Crippen molar-refractivity contribution in [1.82, 2.24) is 0 Å². The molecule has 0 saturated carbocycles. The lowest BCUT2D eigenvalue weighted by molar-refractivity contribution is 0.575. The minimum atomic E-state index is 0.546. The van der Waals surface area contributed by atoms with Gasteiger partial charge in [0.15, 0.2) is 0 Å². The van der Waals surface area contributed by atoms with Crippen LogP contribution in [0.5, 0.6) is 0 Å². The topological polar surface area (TPSA) is 49.8 Å². The van der Waals surface area contributed by atoms with Gasteiger partial charge in [-0.2, -0.15) is 5.26 Å². The van der Waals surface area contributed by atoms with Crippen molar-refractivity contribution in [3.8, 4) is 6.07 Å². The summed E-state index contributed by atoms with van der Waals surface area (Å²) in [5.74, 6) is 0.546. The molecule has 0 bridgehead atoms. The van der Waals surface area contributed by atoms with Gasteiger partial charge in [0.05, 0.1) is 11.6 Å². The standard InChI is InChI=1S/C11H12N2/c12-6-8-4-9-2-1-3-10(7-13)11(9)5-8/h1-3,8H,4-6,12H2. The Morgan fingerprint density at radius 1 is 1.46 bits per heavy atom. The Balaban J connectivity index is 2.40. The molecule has 1 aliphatic rings. The maximum absolute atomic E-state index is 8.88. The Morgan fingerprint density at radius 3 is 3.00 bits per heavy atom. The first-order valence-corrected chi connectivity index (χ1v) is 4.56. The summed E-state index contributed by atoms with van der Waals surface area (Å²) in [6.45, 7) is 0.722. The fourth-order valence-electron chi connectivity index (χ4n) is 2.01. The van der Waals surface area contributed by atoms with Gasteiger partial charge < -0.3 is 5.73 Å². The monoisotopic (exact) mass is 172 g/mol. The molecule has 2 nitrogen and oxygen atoms in total. The normalized spacial score (nSPS) is 19.5. The number of nitriles is 1. The summed E-state index contributed by atoms with van der Waals surface area (Å²) >= 11 is 0. The molecule has 1 aliphatic carbocycles. The molecule has 0 aromatic heterocycles. The minimum absolute atomic E-state index is 0.546. The third kappa shape index (κ3) is 1.32. The average molecular weight is 172 g/mol. The molecule has 13 heavy (non-hydrogen) atoms. The number of hydrogen-bond acceptors (Lipinski definition) is 2. The van der Waals surface area contributed by atoms with E-state index in [1.807, 2.05) is 12.1 Å². The van der Waals surface area contributed by atoms with E-state index in [0.29, 0.717) is 5.92 Å². The van der Waals surface area contributed by atoms with Crippen LogP contribution in [0.25, 0.3) is 0 Å². The molecule has 2 rings (SSSR count). The summed E-state index contributed by atoms with van der Waals surface area (Å²) in [5.41, 5.74) is 8.99. The zero-order chi connectivity index (χ0) is 9.26. The molecule has 1 aromatic rings. The van der Waals surface area contributed by atoms with Crippen LogP contribution in [0.4, 0.5) is 0 Å². The van der Waals surface area contributed by atoms with Gasteiger partial charge in [-0.05, 0) is 42.5 Å². The van der Waals surface area contributed by atoms with E-state index in [0.717, 1.165) is 24.9 Å². The third-order valence-electron chi connectivity index (χ3n) is 2.73. The summed E-state index contributed by atoms with van der Waals surface area (Å²) < 4.78 is 0. The molecule has 66 valence electrons. The highest BCUT2D eigenvalue weighted by molar-refractivity contribution is 5.45. The van der Waals surface area contributed by atoms with Gasteiger partial charge in [0.25, 0.3) is 0 Å². The maximum Gasteiger partial charge on any atom is 0.0994 e. The van der Waals surface area contributed by atoms with Gasteiger partial charge >= 0.3 is 0 Å². The third-order valence-corrected chi connectivity index (χ3v) is 2.73. The molecule has 0 radical (unpaired) electrons. The van der Waals surface area contributed by atoms with Gasteiger partial charge in [-0.15, -0.1) is 0 Å². The Hall–Kier alpha value is -1.33. The maximum atomic E-state index is 8.88. The predicted octanol–water partition coefficient (Wildman–Crippen LogP) is 1.23. The summed E-state index contributed by atoms with van der Waals surface area (Å²) in [6, 6.07) is 8.18. The van der Waals surface area contributed by atoms with E-state index < -0.39 is 0 Å². The van der Waals surface area contributed by atoms with E-state index >= 15 is 0 Å². The number of fused-ring (bicyclic) bond motifs is 1. The Labute approximate surface area is 78.0 Å². The van der Waals surface area contributed by atoms with Gasteiger partial charge in [0, 0.05) is 0 Å². The van der Waals surface area contributed by atoms with Crippen molar-refractivity contribution >= 4 is 0 Å². The average Bonchev–Trinajstić information content (AvgIpc) is 2.59. The molecule has 0 aliphatic heterocycles. The highest BCUT2D eigenvalue weighted by Gasteiger charge is 2.22. The summed E-state index contributed by atoms with van der Waals surface area (Å²) in [6.07, 6.45) is 2.02. The molecule has 0 spiro atoms. The second-order valence-corrected chi connectivity index (χ2v) is 3.57. The molecule has 1 unspecified atom stereocenters. The molecule has 1 aromatic carbocycles. The second kappa shape index (κ2) is 3.20. The van der Waals surface area contributed by atoms with Gasteiger partial charge in [-0.3, -0.25) is 0 Å². The van der Waals surface area contributed by atoms with Crippen LogP contribution in [0.3, 0.4) is 0 Å². The van der Waals surface area contributed by atoms with Crippen LogP contribution in [0, 0.1) is 17.2 Å². The SMILES string of the molecule is N#Cc1cccc2c1CC(CN)C2. The van der Waals surface area contributed by atoms with Crippen molar-refractivity contribution in [3.63, 3.8) is 0 Å². The van der Waals surface area contributed by atoms with E-state index in [4.69, 9.17) is 11.0 Å². The Bertz CT molecular complexity index is 363. The zero-order valence-electron chi connectivity index (χ0n) is 7.46. The first-order chi connectivity index (χ1) is 6.35. The highest BCUT2D eigenvalue weighted by atomic mass is 14.6. The smallest absolute Gasteiger partial charge is 0.0994 e. The van der Waals surface area contributed by atoms with E-state index in [1.165, 1.54) is 11.1 Å². The predicted molar refractivity (Wildman–Crippen MR) is 51.1 cm³/mol. The summed E-state index contributed by atoms with van der Waals surface area (Å²) in [5, 5.41) is 8.88. The lowest BCUT2D eigenvalue weighted by Gasteiger charge is -2.01. The molecular weight excluding hydrogens is 160 g/mol. The van der Waals surface area contributed by atoms with Crippen LogP contribution in [-0.4, -0.2) is 6.54 Å². The Morgan fingerprint density at radius 2 is 2.31 bits per heavy atom. The van der Waals surface area contributed by atoms with Gasteiger partial charge in [0.2, 0.25) is 0 Å². The van der Waals surface area contributed by atoms with Crippen molar-refractivity contribution < 1.29 is 0 Å². The number of nitrogens with zero attached hydrogens (tertiary/aromatic N) is 1. The van der Waals surface area contributed by atoms with Crippen molar-refractivity contribution in [3.05, 3.63) is 34.9 Å². The van der Waals surface area contributed by atoms with Crippen LogP contribution in [0.2, 0.25) is 0 Å². The van der Waals surface area contributed by atoms with Crippen LogP contribution in [0.15, 0.2) is 18.2 Å². The first kappa shape index (κ1) is 8.28. The zero-order valence-corrected chi connectivity index (χ0v) is 7.46. The minimum Gasteiger partial charge on any atom is -0.330 e. The first-order valence-electron chi connectivity index (χ1n) is 4.56. The molecular formula is C11H12N2. The summed E-state index contributed by atoms with van der Waals surface area (Å²) in [4.78, 5) is 0. The molecule has 0 fully saturated rings. The number of hydrogen-bond donors (Lipinski definition) is 1. The number of benzene rings is 1. The quantitative estimate of drug-likeness (QED) is 0.692. The molecule has 2 N–H and O–H groups in total. The van der Waals surface area contributed by atoms with E-state index in [-0.39, 0.29) is 0 Å². The van der Waals surface area contributed by atoms with E-state index in [9.17, 15) is 0 Å². The molecule has 2 heteroatoms. The van der Waals surface area contributed by atoms with Gasteiger partial charge in [-0.1, -0.05) is 12.1 Å². The van der Waals surface area contributed by atoms with Crippen molar-refractivity contribution in [1.29, 1.82) is 5.26 Å². The van der Waals surface area contributed by atoms with Gasteiger partial charge in [-0.25, -0.2) is 0 Å². The second-order valence-electron chi connectivity index (χ2n) is 3.57. The molecule has 0 heterocycles. The molecule has 0 amide bonds. The summed E-state index contributed by atoms with van der Waals surface area (Å²) in [7, 11) is 0. The van der Waals surface area contributed by atoms with Crippen LogP contribution in [-0.2, 0) is 12.8 Å². The molecule has 1 atom stereocenters. The van der Waals surface area contributed by atoms with Gasteiger partial charge in [0.1, 0.15) is 0 Å². The van der Waals surface area contributed by atoms with Crippen molar-refractivity contribution in [2.75, 3.05) is 6.54 Å². The fraction of sp³-hybridized carbons (Fsp3) is 0.364. The molecule has 0 saturated heterocycles. The fourth-order valence-corrected chi connectivity index (χ4v) is 2.01. The van der Waals surface area contributed by atoms with Crippen molar-refractivity contribution in [2.24, 2.45) is 11.7 Å². The largest absolute Gasteiger partial charge is 0.330 e. The Kier molecular flexibility index (Phi) is 2.03. The van der Waals surface area contributed by atoms with Crippen LogP contribution in [0.1, 0.15) is 16.7 Å². The number of nitrogens with two attached hydrogens (primary N) is 1. The van der Waals surface area contributed by atoms with E-state index in [1.54, 1.807) is 0 Å². The highest BCUT2D eigenvalue weighted by Crippen LogP contribution is 2.28. The number of rotatable bonds is 1. The van der Waals surface area contributed by atoms with Crippen LogP contribution < -0.4 is 5.73 Å². The van der Waals surface area contributed by atoms with E-state index in [2.05, 4.69) is 12.1 Å².